The molecule has 27 heavy (non-hydrogen) atoms. The summed E-state index contributed by atoms with van der Waals surface area (Å²) >= 11 is 0. The van der Waals surface area contributed by atoms with Crippen molar-refractivity contribution in [2.24, 2.45) is 5.92 Å². The molecule has 1 heterocycles. The number of anilines is 3. The summed E-state index contributed by atoms with van der Waals surface area (Å²) in [5.41, 5.74) is 3.04. The molecule has 5 heteroatoms. The van der Waals surface area contributed by atoms with E-state index in [9.17, 15) is 0 Å². The van der Waals surface area contributed by atoms with E-state index >= 15 is 0 Å². The molecule has 2 aliphatic rings. The van der Waals surface area contributed by atoms with Gasteiger partial charge in [-0.2, -0.15) is 4.98 Å². The lowest BCUT2D eigenvalue weighted by molar-refractivity contribution is 0.180. The van der Waals surface area contributed by atoms with Crippen molar-refractivity contribution in [3.8, 4) is 5.75 Å². The second kappa shape index (κ2) is 8.25. The lowest BCUT2D eigenvalue weighted by Gasteiger charge is -2.25. The number of nitrogens with one attached hydrogen (secondary N) is 2. The van der Waals surface area contributed by atoms with Gasteiger partial charge in [0.05, 0.1) is 6.61 Å². The normalized spacial score (nSPS) is 16.4. The number of allylic oxidation sites excluding steroid dienone is 3. The van der Waals surface area contributed by atoms with Crippen LogP contribution in [-0.4, -0.2) is 16.6 Å². The van der Waals surface area contributed by atoms with Crippen LogP contribution in [0.2, 0.25) is 0 Å². The van der Waals surface area contributed by atoms with Gasteiger partial charge in [-0.25, -0.2) is 4.98 Å². The molecule has 0 saturated heterocycles. The molecule has 0 spiro atoms. The molecular weight excluding hydrogens is 336 g/mol. The maximum absolute atomic E-state index is 5.85. The lowest BCUT2D eigenvalue weighted by Crippen LogP contribution is -2.19. The van der Waals surface area contributed by atoms with Crippen molar-refractivity contribution in [1.29, 1.82) is 0 Å². The molecule has 140 valence electrons. The molecule has 2 aromatic rings. The van der Waals surface area contributed by atoms with Crippen molar-refractivity contribution < 1.29 is 4.74 Å². The Morgan fingerprint density at radius 2 is 1.96 bits per heavy atom. The van der Waals surface area contributed by atoms with Crippen molar-refractivity contribution >= 4 is 17.5 Å². The summed E-state index contributed by atoms with van der Waals surface area (Å²) in [5.74, 6) is 3.05. The molecule has 0 radical (unpaired) electrons. The minimum Gasteiger partial charge on any atom is -0.493 e. The highest BCUT2D eigenvalue weighted by Crippen LogP contribution is 2.27. The van der Waals surface area contributed by atoms with Gasteiger partial charge in [0, 0.05) is 23.1 Å². The molecule has 5 nitrogen and oxygen atoms in total. The van der Waals surface area contributed by atoms with Crippen LogP contribution in [0.3, 0.4) is 0 Å². The average Bonchev–Trinajstić information content (AvgIpc) is 2.65. The molecule has 1 fully saturated rings. The number of nitrogens with zero attached hydrogens (tertiary/aromatic N) is 2. The number of benzene rings is 1. The fourth-order valence-corrected chi connectivity index (χ4v) is 3.11. The van der Waals surface area contributed by atoms with Crippen LogP contribution in [0.5, 0.6) is 5.75 Å². The van der Waals surface area contributed by atoms with Crippen LogP contribution in [0.15, 0.2) is 54.4 Å². The van der Waals surface area contributed by atoms with Crippen LogP contribution >= 0.6 is 0 Å². The largest absolute Gasteiger partial charge is 0.493 e. The Hall–Kier alpha value is -2.82. The zero-order chi connectivity index (χ0) is 18.5. The summed E-state index contributed by atoms with van der Waals surface area (Å²) in [6.45, 7) is 2.83. The molecule has 2 N–H and O–H groups in total. The van der Waals surface area contributed by atoms with Crippen molar-refractivity contribution in [2.45, 2.75) is 39.0 Å². The summed E-state index contributed by atoms with van der Waals surface area (Å²) < 4.78 is 5.85. The van der Waals surface area contributed by atoms with Gasteiger partial charge in [-0.15, -0.1) is 0 Å². The summed E-state index contributed by atoms with van der Waals surface area (Å²) in [6.07, 6.45) is 14.4. The van der Waals surface area contributed by atoms with Crippen LogP contribution in [-0.2, 0) is 0 Å². The van der Waals surface area contributed by atoms with Gasteiger partial charge in [0.25, 0.3) is 0 Å². The van der Waals surface area contributed by atoms with Crippen LogP contribution < -0.4 is 15.4 Å². The highest BCUT2D eigenvalue weighted by atomic mass is 16.5. The minimum atomic E-state index is 0.576. The highest BCUT2D eigenvalue weighted by molar-refractivity contribution is 5.58. The monoisotopic (exact) mass is 362 g/mol. The molecule has 0 unspecified atom stereocenters. The number of aromatic nitrogens is 2. The number of rotatable bonds is 7. The van der Waals surface area contributed by atoms with E-state index in [1.807, 2.05) is 37.4 Å². The van der Waals surface area contributed by atoms with Gasteiger partial charge in [-0.1, -0.05) is 18.6 Å². The first kappa shape index (κ1) is 17.6. The first-order chi connectivity index (χ1) is 13.3. The molecule has 0 atom stereocenters. The summed E-state index contributed by atoms with van der Waals surface area (Å²) in [4.78, 5) is 9.02. The predicted octanol–water partition coefficient (Wildman–Crippen LogP) is 5.35. The molecule has 1 aromatic carbocycles. The fourth-order valence-electron chi connectivity index (χ4n) is 3.11. The Morgan fingerprint density at radius 3 is 2.67 bits per heavy atom. The first-order valence-electron chi connectivity index (χ1n) is 9.73. The van der Waals surface area contributed by atoms with E-state index in [0.717, 1.165) is 53.9 Å². The smallest absolute Gasteiger partial charge is 0.229 e. The second-order valence-electron chi connectivity index (χ2n) is 7.25. The number of hydrogen-bond acceptors (Lipinski definition) is 5. The van der Waals surface area contributed by atoms with Crippen molar-refractivity contribution in [3.63, 3.8) is 0 Å². The maximum atomic E-state index is 5.85. The lowest BCUT2D eigenvalue weighted by atomic mass is 9.86. The first-order valence-corrected chi connectivity index (χ1v) is 9.73. The molecule has 1 aromatic heterocycles. The SMILES string of the molecule is Cc1cnc(Nc2ccc(OCC3CCC3)cc2)nc1NC1=CCCC=C1. The van der Waals surface area contributed by atoms with E-state index in [4.69, 9.17) is 4.74 Å². The van der Waals surface area contributed by atoms with Crippen molar-refractivity contribution in [2.75, 3.05) is 17.2 Å². The topological polar surface area (TPSA) is 59.1 Å². The van der Waals surface area contributed by atoms with Gasteiger partial charge < -0.3 is 15.4 Å². The van der Waals surface area contributed by atoms with Gasteiger partial charge in [0.1, 0.15) is 11.6 Å². The molecule has 0 aliphatic heterocycles. The zero-order valence-electron chi connectivity index (χ0n) is 15.7. The van der Waals surface area contributed by atoms with Gasteiger partial charge >= 0.3 is 0 Å². The minimum absolute atomic E-state index is 0.576. The van der Waals surface area contributed by atoms with Crippen LogP contribution in [0.25, 0.3) is 0 Å². The summed E-state index contributed by atoms with van der Waals surface area (Å²) in [5, 5.41) is 6.65. The molecule has 0 bridgehead atoms. The van der Waals surface area contributed by atoms with Crippen LogP contribution in [0.4, 0.5) is 17.5 Å². The number of ether oxygens (including phenoxy) is 1. The Labute approximate surface area is 160 Å². The van der Waals surface area contributed by atoms with Crippen LogP contribution in [0.1, 0.15) is 37.7 Å². The Balaban J connectivity index is 1.38. The van der Waals surface area contributed by atoms with Gasteiger partial charge in [0.2, 0.25) is 5.95 Å². The van der Waals surface area contributed by atoms with Crippen molar-refractivity contribution in [1.82, 2.24) is 9.97 Å². The average molecular weight is 362 g/mol. The third-order valence-corrected chi connectivity index (χ3v) is 5.05. The van der Waals surface area contributed by atoms with E-state index in [1.54, 1.807) is 0 Å². The number of hydrogen-bond donors (Lipinski definition) is 2. The molecule has 0 amide bonds. The van der Waals surface area contributed by atoms with Gasteiger partial charge in [-0.3, -0.25) is 0 Å². The van der Waals surface area contributed by atoms with Gasteiger partial charge in [0.15, 0.2) is 0 Å². The number of aryl methyl sites for hydroxylation is 1. The Morgan fingerprint density at radius 1 is 1.11 bits per heavy atom. The highest BCUT2D eigenvalue weighted by Gasteiger charge is 2.17. The van der Waals surface area contributed by atoms with Gasteiger partial charge in [-0.05, 0) is 68.9 Å². The third kappa shape index (κ3) is 4.67. The third-order valence-electron chi connectivity index (χ3n) is 5.05. The quantitative estimate of drug-likeness (QED) is 0.695. The van der Waals surface area contributed by atoms with E-state index in [-0.39, 0.29) is 0 Å². The summed E-state index contributed by atoms with van der Waals surface area (Å²) in [6, 6.07) is 7.98. The Bertz CT molecular complexity index is 838. The Kier molecular flexibility index (Phi) is 5.37. The van der Waals surface area contributed by atoms with E-state index in [1.165, 1.54) is 19.3 Å². The van der Waals surface area contributed by atoms with E-state index in [2.05, 4.69) is 38.8 Å². The van der Waals surface area contributed by atoms with Crippen molar-refractivity contribution in [3.05, 3.63) is 60.0 Å². The van der Waals surface area contributed by atoms with E-state index < -0.39 is 0 Å². The van der Waals surface area contributed by atoms with Crippen LogP contribution in [0, 0.1) is 12.8 Å². The fraction of sp³-hybridized carbons (Fsp3) is 0.364. The van der Waals surface area contributed by atoms with E-state index in [0.29, 0.717) is 5.95 Å². The molecule has 2 aliphatic carbocycles. The second-order valence-corrected chi connectivity index (χ2v) is 7.25. The molecule has 1 saturated carbocycles. The zero-order valence-corrected chi connectivity index (χ0v) is 15.7. The summed E-state index contributed by atoms with van der Waals surface area (Å²) in [7, 11) is 0. The predicted molar refractivity (Wildman–Crippen MR) is 109 cm³/mol. The molecular formula is C22H26N4O. The standard InChI is InChI=1S/C22H26N4O/c1-16-14-23-22(26-21(16)24-18-8-3-2-4-9-18)25-19-10-12-20(13-11-19)27-15-17-6-5-7-17/h3,8-14,17H,2,4-7,15H2,1H3,(H2,23,24,25,26). The maximum Gasteiger partial charge on any atom is 0.229 e. The molecule has 4 rings (SSSR count).